The summed E-state index contributed by atoms with van der Waals surface area (Å²) in [5.41, 5.74) is 7.35. The van der Waals surface area contributed by atoms with Gasteiger partial charge in [0.2, 0.25) is 0 Å². The van der Waals surface area contributed by atoms with Gasteiger partial charge >= 0.3 is 0 Å². The first-order chi connectivity index (χ1) is 8.02. The van der Waals surface area contributed by atoms with Crippen LogP contribution in [0.15, 0.2) is 25.3 Å². The molecule has 1 amide bonds. The molecule has 5 heteroatoms. The van der Waals surface area contributed by atoms with Gasteiger partial charge in [-0.1, -0.05) is 12.2 Å². The molecule has 1 rings (SSSR count). The van der Waals surface area contributed by atoms with Crippen LogP contribution < -0.4 is 5.73 Å². The van der Waals surface area contributed by atoms with Crippen molar-refractivity contribution in [2.75, 3.05) is 18.8 Å². The first kappa shape index (κ1) is 13.0. The van der Waals surface area contributed by atoms with Gasteiger partial charge in [-0.05, 0) is 6.92 Å². The SMILES string of the molecule is C=CCN(CC=C)C(=O)c1c(N)c(C)nn1C. The van der Waals surface area contributed by atoms with E-state index >= 15 is 0 Å². The summed E-state index contributed by atoms with van der Waals surface area (Å²) in [6.07, 6.45) is 3.33. The van der Waals surface area contributed by atoms with Gasteiger partial charge in [-0.15, -0.1) is 13.2 Å². The first-order valence-electron chi connectivity index (χ1n) is 5.33. The van der Waals surface area contributed by atoms with Crippen LogP contribution in [0.25, 0.3) is 0 Å². The number of amides is 1. The van der Waals surface area contributed by atoms with Crippen molar-refractivity contribution in [2.45, 2.75) is 6.92 Å². The van der Waals surface area contributed by atoms with Crippen LogP contribution in [-0.2, 0) is 7.05 Å². The molecule has 0 aromatic carbocycles. The highest BCUT2D eigenvalue weighted by atomic mass is 16.2. The summed E-state index contributed by atoms with van der Waals surface area (Å²) in [5.74, 6) is -0.162. The summed E-state index contributed by atoms with van der Waals surface area (Å²) in [6, 6.07) is 0. The molecule has 0 spiro atoms. The van der Waals surface area contributed by atoms with E-state index in [9.17, 15) is 4.79 Å². The van der Waals surface area contributed by atoms with Crippen molar-refractivity contribution >= 4 is 11.6 Å². The maximum Gasteiger partial charge on any atom is 0.274 e. The highest BCUT2D eigenvalue weighted by Gasteiger charge is 2.22. The predicted molar refractivity (Wildman–Crippen MR) is 68.7 cm³/mol. The lowest BCUT2D eigenvalue weighted by Gasteiger charge is -2.19. The molecule has 17 heavy (non-hydrogen) atoms. The van der Waals surface area contributed by atoms with Crippen LogP contribution in [0.3, 0.4) is 0 Å². The van der Waals surface area contributed by atoms with Gasteiger partial charge in [-0.2, -0.15) is 5.10 Å². The highest BCUT2D eigenvalue weighted by Crippen LogP contribution is 2.17. The van der Waals surface area contributed by atoms with Crippen molar-refractivity contribution in [1.82, 2.24) is 14.7 Å². The van der Waals surface area contributed by atoms with Gasteiger partial charge < -0.3 is 10.6 Å². The van der Waals surface area contributed by atoms with E-state index in [-0.39, 0.29) is 5.91 Å². The van der Waals surface area contributed by atoms with Crippen LogP contribution in [0.2, 0.25) is 0 Å². The Bertz CT molecular complexity index is 438. The second kappa shape index (κ2) is 5.34. The fourth-order valence-corrected chi connectivity index (χ4v) is 1.63. The van der Waals surface area contributed by atoms with Crippen LogP contribution in [0.4, 0.5) is 5.69 Å². The Balaban J connectivity index is 3.08. The second-order valence-electron chi connectivity index (χ2n) is 3.76. The van der Waals surface area contributed by atoms with Crippen LogP contribution >= 0.6 is 0 Å². The molecule has 0 saturated carbocycles. The van der Waals surface area contributed by atoms with Gasteiger partial charge in [0.15, 0.2) is 0 Å². The molecular weight excluding hydrogens is 216 g/mol. The van der Waals surface area contributed by atoms with E-state index in [0.717, 1.165) is 0 Å². The molecule has 0 aliphatic heterocycles. The number of nitrogen functional groups attached to an aromatic ring is 1. The maximum absolute atomic E-state index is 12.3. The van der Waals surface area contributed by atoms with Crippen molar-refractivity contribution in [3.05, 3.63) is 36.7 Å². The molecule has 0 fully saturated rings. The zero-order valence-electron chi connectivity index (χ0n) is 10.3. The van der Waals surface area contributed by atoms with Gasteiger partial charge in [0.1, 0.15) is 5.69 Å². The molecule has 0 aliphatic rings. The van der Waals surface area contributed by atoms with Crippen molar-refractivity contribution in [3.8, 4) is 0 Å². The Morgan fingerprint density at radius 1 is 1.47 bits per heavy atom. The number of rotatable bonds is 5. The van der Waals surface area contributed by atoms with E-state index in [0.29, 0.717) is 30.2 Å². The first-order valence-corrected chi connectivity index (χ1v) is 5.33. The lowest BCUT2D eigenvalue weighted by Crippen LogP contribution is -2.33. The number of aromatic nitrogens is 2. The molecule has 1 aromatic rings. The Kier molecular flexibility index (Phi) is 4.09. The van der Waals surface area contributed by atoms with Crippen LogP contribution in [0, 0.1) is 6.92 Å². The van der Waals surface area contributed by atoms with E-state index < -0.39 is 0 Å². The molecule has 0 saturated heterocycles. The zero-order valence-corrected chi connectivity index (χ0v) is 10.3. The van der Waals surface area contributed by atoms with E-state index in [4.69, 9.17) is 5.73 Å². The van der Waals surface area contributed by atoms with E-state index in [1.54, 1.807) is 31.0 Å². The molecule has 0 radical (unpaired) electrons. The molecule has 0 unspecified atom stereocenters. The monoisotopic (exact) mass is 234 g/mol. The average molecular weight is 234 g/mol. The third-order valence-corrected chi connectivity index (χ3v) is 2.46. The lowest BCUT2D eigenvalue weighted by atomic mass is 10.2. The van der Waals surface area contributed by atoms with Gasteiger partial charge in [-0.25, -0.2) is 0 Å². The quantitative estimate of drug-likeness (QED) is 0.777. The largest absolute Gasteiger partial charge is 0.395 e. The summed E-state index contributed by atoms with van der Waals surface area (Å²) in [5, 5.41) is 4.13. The normalized spacial score (nSPS) is 10.0. The van der Waals surface area contributed by atoms with Crippen LogP contribution in [0.1, 0.15) is 16.2 Å². The Hall–Kier alpha value is -2.04. The second-order valence-corrected chi connectivity index (χ2v) is 3.76. The zero-order chi connectivity index (χ0) is 13.0. The summed E-state index contributed by atoms with van der Waals surface area (Å²) in [7, 11) is 1.70. The minimum atomic E-state index is -0.162. The number of nitrogens with zero attached hydrogens (tertiary/aromatic N) is 3. The maximum atomic E-state index is 12.3. The molecule has 2 N–H and O–H groups in total. The van der Waals surface area contributed by atoms with Gasteiger partial charge in [0, 0.05) is 20.1 Å². The number of hydrogen-bond acceptors (Lipinski definition) is 3. The summed E-state index contributed by atoms with van der Waals surface area (Å²) >= 11 is 0. The predicted octanol–water partition coefficient (Wildman–Crippen LogP) is 1.12. The van der Waals surface area contributed by atoms with Crippen molar-refractivity contribution in [1.29, 1.82) is 0 Å². The minimum Gasteiger partial charge on any atom is -0.395 e. The number of carbonyl (C=O) groups is 1. The summed E-state index contributed by atoms with van der Waals surface area (Å²) < 4.78 is 1.51. The summed E-state index contributed by atoms with van der Waals surface area (Å²) in [6.45, 7) is 9.94. The number of carbonyl (C=O) groups excluding carboxylic acids is 1. The summed E-state index contributed by atoms with van der Waals surface area (Å²) in [4.78, 5) is 13.9. The lowest BCUT2D eigenvalue weighted by molar-refractivity contribution is 0.0781. The Morgan fingerprint density at radius 3 is 2.35 bits per heavy atom. The smallest absolute Gasteiger partial charge is 0.274 e. The molecule has 1 aromatic heterocycles. The molecular formula is C12H18N4O. The van der Waals surface area contributed by atoms with Crippen LogP contribution in [-0.4, -0.2) is 33.7 Å². The number of aryl methyl sites for hydroxylation is 2. The minimum absolute atomic E-state index is 0.162. The number of nitrogens with two attached hydrogens (primary N) is 1. The van der Waals surface area contributed by atoms with Gasteiger partial charge in [0.25, 0.3) is 5.91 Å². The molecule has 5 nitrogen and oxygen atoms in total. The fraction of sp³-hybridized carbons (Fsp3) is 0.333. The molecule has 1 heterocycles. The van der Waals surface area contributed by atoms with Crippen molar-refractivity contribution in [2.24, 2.45) is 7.05 Å². The molecule has 92 valence electrons. The standard InChI is InChI=1S/C12H18N4O/c1-5-7-16(8-6-2)12(17)11-10(13)9(3)14-15(11)4/h5-6H,1-2,7-8,13H2,3-4H3. The van der Waals surface area contributed by atoms with E-state index in [1.165, 1.54) is 4.68 Å². The van der Waals surface area contributed by atoms with Crippen molar-refractivity contribution in [3.63, 3.8) is 0 Å². The van der Waals surface area contributed by atoms with E-state index in [2.05, 4.69) is 18.3 Å². The Labute approximate surface area is 101 Å². The topological polar surface area (TPSA) is 64.2 Å². The average Bonchev–Trinajstić information content (AvgIpc) is 2.52. The Morgan fingerprint density at radius 2 is 2.00 bits per heavy atom. The molecule has 0 bridgehead atoms. The third-order valence-electron chi connectivity index (χ3n) is 2.46. The van der Waals surface area contributed by atoms with E-state index in [1.807, 2.05) is 0 Å². The number of hydrogen-bond donors (Lipinski definition) is 1. The third kappa shape index (κ3) is 2.55. The molecule has 0 aliphatic carbocycles. The van der Waals surface area contributed by atoms with Crippen LogP contribution in [0.5, 0.6) is 0 Å². The fourth-order valence-electron chi connectivity index (χ4n) is 1.63. The van der Waals surface area contributed by atoms with Gasteiger partial charge in [-0.3, -0.25) is 9.48 Å². The molecule has 0 atom stereocenters. The van der Waals surface area contributed by atoms with Crippen molar-refractivity contribution < 1.29 is 4.79 Å². The number of anilines is 1. The van der Waals surface area contributed by atoms with Gasteiger partial charge in [0.05, 0.1) is 11.4 Å². The highest BCUT2D eigenvalue weighted by molar-refractivity contribution is 5.98.